The van der Waals surface area contributed by atoms with Crippen molar-refractivity contribution in [3.63, 3.8) is 0 Å². The molecule has 2 saturated heterocycles. The van der Waals surface area contributed by atoms with Crippen LogP contribution in [-0.4, -0.2) is 83.8 Å². The highest BCUT2D eigenvalue weighted by Gasteiger charge is 2.43. The van der Waals surface area contributed by atoms with Gasteiger partial charge in [0.15, 0.2) is 5.96 Å². The molecule has 9 nitrogen and oxygen atoms in total. The third kappa shape index (κ3) is 4.63. The number of piperidine rings is 1. The van der Waals surface area contributed by atoms with E-state index in [1.165, 1.54) is 0 Å². The quantitative estimate of drug-likeness (QED) is 0.210. The van der Waals surface area contributed by atoms with Crippen LogP contribution in [0.3, 0.4) is 0 Å². The van der Waals surface area contributed by atoms with Crippen LogP contribution in [0.2, 0.25) is 0 Å². The Labute approximate surface area is 218 Å². The standard InChI is InChI=1S/C25H35N5O4S2/c1-16-6-4-11-29(16)30(12-13-31)36(33,34)24-21(15-32)20-9-3-8-19(22(20)17(2)23(24)35)18-7-5-10-28(14-18)25(26)27/h3,8-9,13,16-18,32H,4-7,10-12,14-15H2,1-2H3,(H3,26,27). The Morgan fingerprint density at radius 3 is 2.61 bits per heavy atom. The van der Waals surface area contributed by atoms with Crippen LogP contribution in [0.1, 0.15) is 68.1 Å². The smallest absolute Gasteiger partial charge is 0.257 e. The van der Waals surface area contributed by atoms with Crippen LogP contribution in [-0.2, 0) is 14.8 Å². The van der Waals surface area contributed by atoms with Gasteiger partial charge >= 0.3 is 0 Å². The topological polar surface area (TPSA) is 131 Å². The molecular weight excluding hydrogens is 498 g/mol. The number of nitrogens with two attached hydrogens (primary N) is 1. The number of allylic oxidation sites excluding steroid dienone is 1. The Morgan fingerprint density at radius 2 is 2.00 bits per heavy atom. The van der Waals surface area contributed by atoms with Crippen molar-refractivity contribution in [2.75, 3.05) is 32.8 Å². The number of nitrogens with zero attached hydrogens (tertiary/aromatic N) is 3. The van der Waals surface area contributed by atoms with Crippen molar-refractivity contribution in [1.82, 2.24) is 14.3 Å². The molecule has 0 saturated carbocycles. The van der Waals surface area contributed by atoms with Gasteiger partial charge in [-0.25, -0.2) is 13.4 Å². The number of nitrogens with one attached hydrogen (secondary N) is 1. The van der Waals surface area contributed by atoms with Gasteiger partial charge < -0.3 is 20.5 Å². The second kappa shape index (κ2) is 10.7. The van der Waals surface area contributed by atoms with E-state index in [1.807, 2.05) is 36.9 Å². The maximum atomic E-state index is 14.1. The fourth-order valence-corrected chi connectivity index (χ4v) is 8.39. The number of fused-ring (bicyclic) bond motifs is 1. The van der Waals surface area contributed by atoms with E-state index < -0.39 is 16.6 Å². The number of aldehydes is 1. The largest absolute Gasteiger partial charge is 0.392 e. The van der Waals surface area contributed by atoms with E-state index in [1.54, 1.807) is 5.01 Å². The molecule has 3 unspecified atom stereocenters. The molecule has 36 heavy (non-hydrogen) atoms. The van der Waals surface area contributed by atoms with Gasteiger partial charge in [0.2, 0.25) is 0 Å². The van der Waals surface area contributed by atoms with Crippen molar-refractivity contribution >= 4 is 44.9 Å². The monoisotopic (exact) mass is 533 g/mol. The number of rotatable bonds is 7. The average Bonchev–Trinajstić information content (AvgIpc) is 3.28. The number of sulfonamides is 1. The highest BCUT2D eigenvalue weighted by atomic mass is 32.2. The molecule has 0 aromatic heterocycles. The molecule has 0 bridgehead atoms. The van der Waals surface area contributed by atoms with E-state index >= 15 is 0 Å². The molecule has 2 aliphatic heterocycles. The lowest BCUT2D eigenvalue weighted by Gasteiger charge is -2.38. The lowest BCUT2D eigenvalue weighted by molar-refractivity contribution is -0.110. The molecule has 196 valence electrons. The fraction of sp³-hybridized carbons (Fsp3) is 0.560. The minimum Gasteiger partial charge on any atom is -0.392 e. The van der Waals surface area contributed by atoms with Gasteiger partial charge in [0, 0.05) is 47.9 Å². The molecule has 1 aliphatic carbocycles. The van der Waals surface area contributed by atoms with E-state index in [0.717, 1.165) is 47.8 Å². The maximum Gasteiger partial charge on any atom is 0.257 e. The van der Waals surface area contributed by atoms with Crippen LogP contribution < -0.4 is 5.73 Å². The van der Waals surface area contributed by atoms with Gasteiger partial charge in [-0.05, 0) is 49.3 Å². The van der Waals surface area contributed by atoms with Crippen molar-refractivity contribution < 1.29 is 18.3 Å². The normalized spacial score (nSPS) is 25.4. The van der Waals surface area contributed by atoms with Crippen LogP contribution in [0.4, 0.5) is 0 Å². The minimum absolute atomic E-state index is 0.0260. The van der Waals surface area contributed by atoms with Gasteiger partial charge in [-0.2, -0.15) is 0 Å². The van der Waals surface area contributed by atoms with Crippen molar-refractivity contribution in [2.24, 2.45) is 5.73 Å². The molecule has 4 rings (SSSR count). The molecule has 1 aromatic carbocycles. The summed E-state index contributed by atoms with van der Waals surface area (Å²) in [6.07, 6.45) is 4.08. The van der Waals surface area contributed by atoms with Gasteiger partial charge in [-0.15, -0.1) is 4.41 Å². The maximum absolute atomic E-state index is 14.1. The molecule has 4 N–H and O–H groups in total. The number of hydrogen-bond acceptors (Lipinski definition) is 7. The third-order valence-electron chi connectivity index (χ3n) is 7.72. The summed E-state index contributed by atoms with van der Waals surface area (Å²) in [4.78, 5) is 13.6. The van der Waals surface area contributed by atoms with E-state index in [9.17, 15) is 18.3 Å². The van der Waals surface area contributed by atoms with Crippen molar-refractivity contribution in [1.29, 1.82) is 5.41 Å². The zero-order valence-electron chi connectivity index (χ0n) is 20.8. The molecule has 2 fully saturated rings. The number of guanidine groups is 1. The summed E-state index contributed by atoms with van der Waals surface area (Å²) >= 11 is 5.80. The van der Waals surface area contributed by atoms with Gasteiger partial charge in [0.1, 0.15) is 11.2 Å². The Morgan fingerprint density at radius 1 is 1.28 bits per heavy atom. The molecule has 3 aliphatic rings. The second-order valence-electron chi connectivity index (χ2n) is 9.86. The van der Waals surface area contributed by atoms with Crippen molar-refractivity contribution in [3.05, 3.63) is 39.8 Å². The number of aliphatic hydroxyl groups excluding tert-OH is 1. The van der Waals surface area contributed by atoms with Crippen LogP contribution >= 0.6 is 12.2 Å². The molecule has 0 spiro atoms. The molecule has 0 radical (unpaired) electrons. The Bertz CT molecular complexity index is 1200. The van der Waals surface area contributed by atoms with Gasteiger partial charge in [-0.3, -0.25) is 5.41 Å². The first kappa shape index (κ1) is 26.9. The lowest BCUT2D eigenvalue weighted by Crippen LogP contribution is -2.50. The second-order valence-corrected chi connectivity index (χ2v) is 12.1. The number of hydrazine groups is 1. The van der Waals surface area contributed by atoms with E-state index in [2.05, 4.69) is 0 Å². The Kier molecular flexibility index (Phi) is 7.96. The fourth-order valence-electron chi connectivity index (χ4n) is 5.93. The number of hydrogen-bond donors (Lipinski definition) is 3. The molecular formula is C25H35N5O4S2. The number of likely N-dealkylation sites (tertiary alicyclic amines) is 1. The first-order valence-electron chi connectivity index (χ1n) is 12.5. The SMILES string of the molecule is CC1C(=S)C(S(=O)(=O)N(CC=O)N2CCCC2C)=C(CO)c2cccc(C3CCCN(C(=N)N)C3)c21. The van der Waals surface area contributed by atoms with Crippen LogP contribution in [0, 0.1) is 5.41 Å². The zero-order chi connectivity index (χ0) is 26.2. The summed E-state index contributed by atoms with van der Waals surface area (Å²) < 4.78 is 29.3. The molecule has 1 aromatic rings. The average molecular weight is 534 g/mol. The third-order valence-corrected chi connectivity index (χ3v) is 10.3. The predicted molar refractivity (Wildman–Crippen MR) is 144 cm³/mol. The summed E-state index contributed by atoms with van der Waals surface area (Å²) in [7, 11) is -4.19. The van der Waals surface area contributed by atoms with Gasteiger partial charge in [0.05, 0.1) is 13.2 Å². The van der Waals surface area contributed by atoms with E-state index in [0.29, 0.717) is 24.9 Å². The number of benzene rings is 1. The number of carbonyl (C=O) groups is 1. The number of thiocarbonyl (C=S) groups is 1. The molecule has 2 heterocycles. The summed E-state index contributed by atoms with van der Waals surface area (Å²) in [5, 5.41) is 20.1. The van der Waals surface area contributed by atoms with Gasteiger partial charge in [0.25, 0.3) is 10.0 Å². The van der Waals surface area contributed by atoms with Crippen LogP contribution in [0.15, 0.2) is 23.1 Å². The summed E-state index contributed by atoms with van der Waals surface area (Å²) in [5.41, 5.74) is 8.70. The number of aliphatic hydroxyl groups is 1. The van der Waals surface area contributed by atoms with Crippen molar-refractivity contribution in [2.45, 2.75) is 57.4 Å². The Hall–Kier alpha value is -2.18. The van der Waals surface area contributed by atoms with E-state index in [4.69, 9.17) is 23.4 Å². The first-order valence-corrected chi connectivity index (χ1v) is 14.3. The molecule has 0 amide bonds. The summed E-state index contributed by atoms with van der Waals surface area (Å²) in [6.45, 7) is 4.93. The van der Waals surface area contributed by atoms with Crippen LogP contribution in [0.5, 0.6) is 0 Å². The highest BCUT2D eigenvalue weighted by molar-refractivity contribution is 7.96. The highest BCUT2D eigenvalue weighted by Crippen LogP contribution is 2.44. The summed E-state index contributed by atoms with van der Waals surface area (Å²) in [6, 6.07) is 5.73. The predicted octanol–water partition coefficient (Wildman–Crippen LogP) is 2.18. The lowest BCUT2D eigenvalue weighted by atomic mass is 9.76. The van der Waals surface area contributed by atoms with Crippen LogP contribution in [0.25, 0.3) is 5.57 Å². The molecule has 3 atom stereocenters. The van der Waals surface area contributed by atoms with Gasteiger partial charge in [-0.1, -0.05) is 37.3 Å². The number of carbonyl (C=O) groups excluding carboxylic acids is 1. The summed E-state index contributed by atoms with van der Waals surface area (Å²) in [5.74, 6) is -0.227. The van der Waals surface area contributed by atoms with Crippen molar-refractivity contribution in [3.8, 4) is 0 Å². The van der Waals surface area contributed by atoms with E-state index in [-0.39, 0.29) is 45.7 Å². The molecule has 11 heteroatoms. The first-order chi connectivity index (χ1) is 17.1. The Balaban J connectivity index is 1.85. The minimum atomic E-state index is -4.19. The zero-order valence-corrected chi connectivity index (χ0v) is 22.4.